The molecule has 12 atom stereocenters. The molecule has 2 saturated heterocycles. The van der Waals surface area contributed by atoms with E-state index < -0.39 is 86.8 Å². The highest BCUT2D eigenvalue weighted by molar-refractivity contribution is 5.76. The van der Waals surface area contributed by atoms with Gasteiger partial charge in [-0.15, -0.1) is 0 Å². The third kappa shape index (κ3) is 36.5. The van der Waals surface area contributed by atoms with Crippen LogP contribution in [0.3, 0.4) is 0 Å². The zero-order chi connectivity index (χ0) is 58.1. The molecule has 474 valence electrons. The summed E-state index contributed by atoms with van der Waals surface area (Å²) in [6, 6.07) is -0.910. The summed E-state index contributed by atoms with van der Waals surface area (Å²) in [7, 11) is 0. The van der Waals surface area contributed by atoms with E-state index in [1.165, 1.54) is 244 Å². The van der Waals surface area contributed by atoms with Crippen LogP contribution in [0, 0.1) is 0 Å². The van der Waals surface area contributed by atoms with Gasteiger partial charge in [-0.25, -0.2) is 0 Å². The van der Waals surface area contributed by atoms with Gasteiger partial charge in [0, 0.05) is 6.42 Å². The number of hydrogen-bond acceptors (Lipinski definition) is 13. The predicted molar refractivity (Wildman–Crippen MR) is 323 cm³/mol. The molecule has 0 radical (unpaired) electrons. The lowest BCUT2D eigenvalue weighted by Crippen LogP contribution is -2.65. The molecule has 14 heteroatoms. The van der Waals surface area contributed by atoms with Crippen molar-refractivity contribution in [3.63, 3.8) is 0 Å². The fraction of sp³-hybridized carbons (Fsp3) is 0.955. The van der Waals surface area contributed by atoms with Gasteiger partial charge in [-0.05, 0) is 19.3 Å². The highest BCUT2D eigenvalue weighted by Crippen LogP contribution is 2.30. The van der Waals surface area contributed by atoms with Crippen molar-refractivity contribution >= 4 is 5.91 Å². The fourth-order valence-electron chi connectivity index (χ4n) is 11.5. The van der Waals surface area contributed by atoms with Crippen molar-refractivity contribution < 1.29 is 64.6 Å². The van der Waals surface area contributed by atoms with E-state index in [1.54, 1.807) is 6.08 Å². The van der Waals surface area contributed by atoms with Crippen molar-refractivity contribution in [3.8, 4) is 0 Å². The number of carbonyl (C=O) groups is 1. The van der Waals surface area contributed by atoms with Gasteiger partial charge in [0.1, 0.15) is 48.8 Å². The van der Waals surface area contributed by atoms with Crippen molar-refractivity contribution in [2.45, 2.75) is 383 Å². The topological polar surface area (TPSA) is 228 Å². The average Bonchev–Trinajstić information content (AvgIpc) is 3.45. The standard InChI is InChI=1S/C66H127NO13/c1-3-5-7-9-11-13-15-17-19-21-23-24-25-26-27-28-29-30-31-32-34-36-38-40-42-44-46-48-50-58(71)67-54(55(70)49-47-45-43-41-39-37-35-33-22-20-18-16-14-12-10-8-6-4-2)53-77-65-63(76)61(74)64(57(52-69)79-65)80-66-62(75)60(73)59(72)56(51-68)78-66/h47,49,54-57,59-66,68-70,72-76H,3-46,48,50-53H2,1-2H3,(H,67,71)/b49-47+. The van der Waals surface area contributed by atoms with Crippen molar-refractivity contribution in [3.05, 3.63) is 12.2 Å². The molecule has 0 aromatic rings. The number of carbonyl (C=O) groups excluding carboxylic acids is 1. The summed E-state index contributed by atoms with van der Waals surface area (Å²) in [5.41, 5.74) is 0. The summed E-state index contributed by atoms with van der Waals surface area (Å²) in [5, 5.41) is 87.3. The molecule has 2 aliphatic heterocycles. The Hall–Kier alpha value is -1.27. The first-order valence-electron chi connectivity index (χ1n) is 33.9. The van der Waals surface area contributed by atoms with Crippen molar-refractivity contribution in [2.24, 2.45) is 0 Å². The third-order valence-electron chi connectivity index (χ3n) is 17.0. The van der Waals surface area contributed by atoms with Crippen LogP contribution in [0.15, 0.2) is 12.2 Å². The molecule has 1 amide bonds. The Kier molecular flexibility index (Phi) is 48.7. The summed E-state index contributed by atoms with van der Waals surface area (Å²) in [6.07, 6.45) is 45.5. The number of aliphatic hydroxyl groups excluding tert-OH is 8. The number of unbranched alkanes of at least 4 members (excludes halogenated alkanes) is 43. The van der Waals surface area contributed by atoms with Gasteiger partial charge >= 0.3 is 0 Å². The number of rotatable bonds is 56. The van der Waals surface area contributed by atoms with Crippen LogP contribution in [0.5, 0.6) is 0 Å². The third-order valence-corrected chi connectivity index (χ3v) is 17.0. The van der Waals surface area contributed by atoms with Crippen LogP contribution in [0.2, 0.25) is 0 Å². The first kappa shape index (κ1) is 74.8. The Balaban J connectivity index is 1.67. The second kappa shape index (κ2) is 52.1. The first-order chi connectivity index (χ1) is 39.1. The van der Waals surface area contributed by atoms with Crippen molar-refractivity contribution in [2.75, 3.05) is 19.8 Å². The molecule has 12 unspecified atom stereocenters. The van der Waals surface area contributed by atoms with E-state index in [9.17, 15) is 45.6 Å². The van der Waals surface area contributed by atoms with Crippen LogP contribution in [0.1, 0.15) is 309 Å². The van der Waals surface area contributed by atoms with Crippen LogP contribution < -0.4 is 5.32 Å². The maximum atomic E-state index is 13.3. The van der Waals surface area contributed by atoms with Crippen LogP contribution in [0.25, 0.3) is 0 Å². The van der Waals surface area contributed by atoms with Crippen LogP contribution >= 0.6 is 0 Å². The molecular weight excluding hydrogens is 1010 g/mol. The van der Waals surface area contributed by atoms with Crippen LogP contribution in [-0.4, -0.2) is 140 Å². The average molecular weight is 1140 g/mol. The lowest BCUT2D eigenvalue weighted by molar-refractivity contribution is -0.359. The van der Waals surface area contributed by atoms with Gasteiger partial charge in [0.25, 0.3) is 0 Å². The summed E-state index contributed by atoms with van der Waals surface area (Å²) in [5.74, 6) is -0.231. The lowest BCUT2D eigenvalue weighted by atomic mass is 9.97. The van der Waals surface area contributed by atoms with Gasteiger partial charge in [-0.1, -0.05) is 296 Å². The monoisotopic (exact) mass is 1140 g/mol. The Morgan fingerprint density at radius 1 is 0.438 bits per heavy atom. The van der Waals surface area contributed by atoms with Gasteiger partial charge in [-0.3, -0.25) is 4.79 Å². The quantitative estimate of drug-likeness (QED) is 0.0204. The van der Waals surface area contributed by atoms with E-state index in [1.807, 2.05) is 6.08 Å². The molecule has 2 fully saturated rings. The molecule has 9 N–H and O–H groups in total. The minimum Gasteiger partial charge on any atom is -0.394 e. The van der Waals surface area contributed by atoms with E-state index in [-0.39, 0.29) is 18.9 Å². The fourth-order valence-corrected chi connectivity index (χ4v) is 11.5. The molecule has 0 saturated carbocycles. The highest BCUT2D eigenvalue weighted by atomic mass is 16.7. The lowest BCUT2D eigenvalue weighted by Gasteiger charge is -2.46. The van der Waals surface area contributed by atoms with Gasteiger partial charge in [0.2, 0.25) is 5.91 Å². The second-order valence-electron chi connectivity index (χ2n) is 24.3. The van der Waals surface area contributed by atoms with Crippen LogP contribution in [0.4, 0.5) is 0 Å². The number of allylic oxidation sites excluding steroid dienone is 1. The molecular formula is C66H127NO13. The molecule has 2 aliphatic rings. The summed E-state index contributed by atoms with van der Waals surface area (Å²) in [6.45, 7) is 2.85. The summed E-state index contributed by atoms with van der Waals surface area (Å²) >= 11 is 0. The SMILES string of the molecule is CCCCCCCCCCCCCCCCCC/C=C/C(O)C(COC1OC(CO)C(OC2OC(CO)C(O)C(O)C2O)C(O)C1O)NC(=O)CCCCCCCCCCCCCCCCCCCCCCCCCCCCCC. The summed E-state index contributed by atoms with van der Waals surface area (Å²) < 4.78 is 22.8. The van der Waals surface area contributed by atoms with E-state index in [0.717, 1.165) is 38.5 Å². The first-order valence-corrected chi connectivity index (χ1v) is 33.9. The molecule has 0 spiro atoms. The Labute approximate surface area is 488 Å². The Bertz CT molecular complexity index is 1390. The van der Waals surface area contributed by atoms with Gasteiger partial charge < -0.3 is 65.1 Å². The van der Waals surface area contributed by atoms with Gasteiger partial charge in [-0.2, -0.15) is 0 Å². The molecule has 0 bridgehead atoms. The zero-order valence-corrected chi connectivity index (χ0v) is 51.4. The smallest absolute Gasteiger partial charge is 0.220 e. The van der Waals surface area contributed by atoms with E-state index in [4.69, 9.17) is 18.9 Å². The minimum atomic E-state index is -1.79. The van der Waals surface area contributed by atoms with Crippen molar-refractivity contribution in [1.82, 2.24) is 5.32 Å². The maximum absolute atomic E-state index is 13.3. The number of nitrogens with one attached hydrogen (secondary N) is 1. The molecule has 2 rings (SSSR count). The Morgan fingerprint density at radius 3 is 1.15 bits per heavy atom. The Morgan fingerprint density at radius 2 is 0.775 bits per heavy atom. The van der Waals surface area contributed by atoms with Crippen molar-refractivity contribution in [1.29, 1.82) is 0 Å². The number of amides is 1. The second-order valence-corrected chi connectivity index (χ2v) is 24.3. The molecule has 2 heterocycles. The van der Waals surface area contributed by atoms with E-state index in [0.29, 0.717) is 6.42 Å². The number of aliphatic hydroxyl groups is 8. The normalized spacial score (nSPS) is 24.2. The molecule has 0 aliphatic carbocycles. The van der Waals surface area contributed by atoms with E-state index >= 15 is 0 Å². The van der Waals surface area contributed by atoms with Crippen LogP contribution in [-0.2, 0) is 23.7 Å². The van der Waals surface area contributed by atoms with E-state index in [2.05, 4.69) is 19.2 Å². The minimum absolute atomic E-state index is 0.231. The molecule has 14 nitrogen and oxygen atoms in total. The predicted octanol–water partition coefficient (Wildman–Crippen LogP) is 13.0. The maximum Gasteiger partial charge on any atom is 0.220 e. The molecule has 0 aromatic carbocycles. The number of hydrogen-bond donors (Lipinski definition) is 9. The largest absolute Gasteiger partial charge is 0.394 e. The van der Waals surface area contributed by atoms with Gasteiger partial charge in [0.05, 0.1) is 32.0 Å². The summed E-state index contributed by atoms with van der Waals surface area (Å²) in [4.78, 5) is 13.3. The number of ether oxygens (including phenoxy) is 4. The molecule has 80 heavy (non-hydrogen) atoms. The highest BCUT2D eigenvalue weighted by Gasteiger charge is 2.51. The zero-order valence-electron chi connectivity index (χ0n) is 51.4. The molecule has 0 aromatic heterocycles. The van der Waals surface area contributed by atoms with Gasteiger partial charge in [0.15, 0.2) is 12.6 Å².